The summed E-state index contributed by atoms with van der Waals surface area (Å²) < 4.78 is 2.05. The van der Waals surface area contributed by atoms with Crippen molar-refractivity contribution in [2.75, 3.05) is 13.1 Å². The Labute approximate surface area is 113 Å². The van der Waals surface area contributed by atoms with Crippen molar-refractivity contribution in [3.8, 4) is 6.07 Å². The molecule has 0 spiro atoms. The molecule has 98 valence electrons. The van der Waals surface area contributed by atoms with E-state index in [4.69, 9.17) is 10.2 Å². The number of hydrogen-bond acceptors (Lipinski definition) is 3. The second kappa shape index (κ2) is 5.02. The summed E-state index contributed by atoms with van der Waals surface area (Å²) in [6.07, 6.45) is 2.55. The molecule has 1 aliphatic heterocycles. The molecular weight excluding hydrogens is 236 g/mol. The number of hydrogen-bond donors (Lipinski definition) is 0. The molecule has 1 aromatic carbocycles. The summed E-state index contributed by atoms with van der Waals surface area (Å²) in [6, 6.07) is 8.49. The van der Waals surface area contributed by atoms with Crippen LogP contribution in [0.25, 0.3) is 11.0 Å². The highest BCUT2D eigenvalue weighted by Crippen LogP contribution is 2.20. The van der Waals surface area contributed by atoms with Crippen LogP contribution in [0.4, 0.5) is 0 Å². The zero-order chi connectivity index (χ0) is 13.2. The van der Waals surface area contributed by atoms with Gasteiger partial charge >= 0.3 is 0 Å². The van der Waals surface area contributed by atoms with Gasteiger partial charge < -0.3 is 4.57 Å². The predicted molar refractivity (Wildman–Crippen MR) is 74.6 cm³/mol. The zero-order valence-electron chi connectivity index (χ0n) is 11.3. The third kappa shape index (κ3) is 2.34. The van der Waals surface area contributed by atoms with Crippen LogP contribution in [0.1, 0.15) is 24.2 Å². The fraction of sp³-hybridized carbons (Fsp3) is 0.467. The molecule has 0 N–H and O–H groups in total. The number of nitriles is 1. The van der Waals surface area contributed by atoms with Crippen molar-refractivity contribution in [1.29, 1.82) is 5.26 Å². The first-order chi connectivity index (χ1) is 9.28. The molecule has 4 heteroatoms. The summed E-state index contributed by atoms with van der Waals surface area (Å²) in [7, 11) is 0. The molecule has 1 aromatic heterocycles. The highest BCUT2D eigenvalue weighted by atomic mass is 15.2. The lowest BCUT2D eigenvalue weighted by Crippen LogP contribution is -2.21. The van der Waals surface area contributed by atoms with Gasteiger partial charge in [-0.3, -0.25) is 4.90 Å². The third-order valence-corrected chi connectivity index (χ3v) is 3.78. The van der Waals surface area contributed by atoms with E-state index in [1.165, 1.54) is 18.4 Å². The Morgan fingerprint density at radius 2 is 2.11 bits per heavy atom. The minimum Gasteiger partial charge on any atom is -0.313 e. The van der Waals surface area contributed by atoms with Crippen molar-refractivity contribution in [2.45, 2.75) is 32.9 Å². The van der Waals surface area contributed by atoms with E-state index in [0.717, 1.165) is 36.5 Å². The smallest absolute Gasteiger partial charge is 0.125 e. The van der Waals surface area contributed by atoms with Crippen LogP contribution in [0.2, 0.25) is 0 Å². The van der Waals surface area contributed by atoms with Crippen LogP contribution in [-0.4, -0.2) is 27.5 Å². The molecule has 0 radical (unpaired) electrons. The molecule has 1 aliphatic rings. The van der Waals surface area contributed by atoms with Crippen molar-refractivity contribution in [2.24, 2.45) is 0 Å². The van der Waals surface area contributed by atoms with Crippen molar-refractivity contribution >= 4 is 11.0 Å². The van der Waals surface area contributed by atoms with Crippen molar-refractivity contribution < 1.29 is 0 Å². The number of benzene rings is 1. The van der Waals surface area contributed by atoms with Crippen LogP contribution in [0, 0.1) is 18.3 Å². The quantitative estimate of drug-likeness (QED) is 0.845. The number of aryl methyl sites for hydroxylation is 1. The van der Waals surface area contributed by atoms with Crippen molar-refractivity contribution in [3.05, 3.63) is 29.6 Å². The lowest BCUT2D eigenvalue weighted by molar-refractivity contribution is 0.318. The number of rotatable bonds is 3. The summed E-state index contributed by atoms with van der Waals surface area (Å²) >= 11 is 0. The molecule has 1 saturated heterocycles. The summed E-state index contributed by atoms with van der Waals surface area (Å²) in [6.45, 7) is 5.60. The molecule has 0 atom stereocenters. The van der Waals surface area contributed by atoms with Gasteiger partial charge in [0.2, 0.25) is 0 Å². The maximum atomic E-state index is 9.03. The largest absolute Gasteiger partial charge is 0.313 e. The van der Waals surface area contributed by atoms with Gasteiger partial charge in [0.1, 0.15) is 12.4 Å². The van der Waals surface area contributed by atoms with Crippen molar-refractivity contribution in [1.82, 2.24) is 14.5 Å². The minimum atomic E-state index is 0.378. The second-order valence-corrected chi connectivity index (χ2v) is 5.25. The van der Waals surface area contributed by atoms with Gasteiger partial charge in [-0.15, -0.1) is 0 Å². The molecule has 3 rings (SSSR count). The topological polar surface area (TPSA) is 44.9 Å². The molecule has 4 nitrogen and oxygen atoms in total. The van der Waals surface area contributed by atoms with Gasteiger partial charge in [0, 0.05) is 0 Å². The fourth-order valence-electron chi connectivity index (χ4n) is 2.80. The average Bonchev–Trinajstić information content (AvgIpc) is 2.99. The van der Waals surface area contributed by atoms with E-state index in [-0.39, 0.29) is 0 Å². The van der Waals surface area contributed by atoms with E-state index in [9.17, 15) is 0 Å². The SMILES string of the molecule is Cc1ccc2c(c1)nc(CN1CCCC1)n2CC#N. The van der Waals surface area contributed by atoms with E-state index >= 15 is 0 Å². The summed E-state index contributed by atoms with van der Waals surface area (Å²) in [4.78, 5) is 7.14. The van der Waals surface area contributed by atoms with E-state index in [1.54, 1.807) is 0 Å². The number of likely N-dealkylation sites (tertiary alicyclic amines) is 1. The van der Waals surface area contributed by atoms with Gasteiger partial charge in [0.25, 0.3) is 0 Å². The van der Waals surface area contributed by atoms with E-state index < -0.39 is 0 Å². The lowest BCUT2D eigenvalue weighted by atomic mass is 10.2. The van der Waals surface area contributed by atoms with Crippen LogP contribution < -0.4 is 0 Å². The molecule has 0 saturated carbocycles. The Morgan fingerprint density at radius 3 is 2.84 bits per heavy atom. The van der Waals surface area contributed by atoms with Gasteiger partial charge in [0.15, 0.2) is 0 Å². The monoisotopic (exact) mass is 254 g/mol. The number of aromatic nitrogens is 2. The van der Waals surface area contributed by atoms with Gasteiger partial charge in [0.05, 0.1) is 23.6 Å². The maximum absolute atomic E-state index is 9.03. The molecule has 0 bridgehead atoms. The van der Waals surface area contributed by atoms with Gasteiger partial charge in [-0.1, -0.05) is 6.07 Å². The van der Waals surface area contributed by atoms with Gasteiger partial charge in [-0.25, -0.2) is 4.98 Å². The second-order valence-electron chi connectivity index (χ2n) is 5.25. The maximum Gasteiger partial charge on any atom is 0.125 e. The Morgan fingerprint density at radius 1 is 1.32 bits per heavy atom. The Bertz CT molecular complexity index is 629. The lowest BCUT2D eigenvalue weighted by Gasteiger charge is -2.14. The van der Waals surface area contributed by atoms with Crippen LogP contribution >= 0.6 is 0 Å². The normalized spacial score (nSPS) is 16.0. The molecule has 0 amide bonds. The van der Waals surface area contributed by atoms with Crippen LogP contribution in [0.3, 0.4) is 0 Å². The first-order valence-corrected chi connectivity index (χ1v) is 6.83. The molecule has 2 heterocycles. The van der Waals surface area contributed by atoms with E-state index in [2.05, 4.69) is 36.1 Å². The number of nitrogens with zero attached hydrogens (tertiary/aromatic N) is 4. The average molecular weight is 254 g/mol. The summed E-state index contributed by atoms with van der Waals surface area (Å²) in [5.41, 5.74) is 3.28. The molecule has 2 aromatic rings. The fourth-order valence-corrected chi connectivity index (χ4v) is 2.80. The van der Waals surface area contributed by atoms with Crippen LogP contribution in [-0.2, 0) is 13.1 Å². The highest BCUT2D eigenvalue weighted by molar-refractivity contribution is 5.77. The summed E-state index contributed by atoms with van der Waals surface area (Å²) in [5.74, 6) is 1.02. The number of fused-ring (bicyclic) bond motifs is 1. The van der Waals surface area contributed by atoms with E-state index in [0.29, 0.717) is 6.54 Å². The first kappa shape index (κ1) is 12.2. The minimum absolute atomic E-state index is 0.378. The third-order valence-electron chi connectivity index (χ3n) is 3.78. The molecule has 1 fully saturated rings. The molecule has 0 aliphatic carbocycles. The highest BCUT2D eigenvalue weighted by Gasteiger charge is 2.17. The number of imidazole rings is 1. The Hall–Kier alpha value is -1.86. The van der Waals surface area contributed by atoms with Crippen LogP contribution in [0.5, 0.6) is 0 Å². The van der Waals surface area contributed by atoms with E-state index in [1.807, 2.05) is 4.57 Å². The predicted octanol–water partition coefficient (Wildman–Crippen LogP) is 2.46. The standard InChI is InChI=1S/C15H18N4/c1-12-4-5-14-13(10-12)17-15(19(14)9-6-16)11-18-7-2-3-8-18/h4-5,10H,2-3,7-9,11H2,1H3. The molecule has 19 heavy (non-hydrogen) atoms. The van der Waals surface area contributed by atoms with Gasteiger partial charge in [-0.05, 0) is 50.6 Å². The van der Waals surface area contributed by atoms with Gasteiger partial charge in [-0.2, -0.15) is 5.26 Å². The first-order valence-electron chi connectivity index (χ1n) is 6.83. The molecule has 0 unspecified atom stereocenters. The Balaban J connectivity index is 2.01. The summed E-state index contributed by atoms with van der Waals surface area (Å²) in [5, 5.41) is 9.03. The van der Waals surface area contributed by atoms with Crippen LogP contribution in [0.15, 0.2) is 18.2 Å². The molecular formula is C15H18N4. The zero-order valence-corrected chi connectivity index (χ0v) is 11.3. The van der Waals surface area contributed by atoms with Crippen molar-refractivity contribution in [3.63, 3.8) is 0 Å². The Kier molecular flexibility index (Phi) is 3.22.